The van der Waals surface area contributed by atoms with Crippen LogP contribution in [0.25, 0.3) is 0 Å². The predicted molar refractivity (Wildman–Crippen MR) is 86.2 cm³/mol. The molecule has 1 aromatic rings. The summed E-state index contributed by atoms with van der Waals surface area (Å²) >= 11 is 12.1. The lowest BCUT2D eigenvalue weighted by Crippen LogP contribution is -2.59. The zero-order valence-corrected chi connectivity index (χ0v) is 13.6. The number of hydrazine groups is 1. The van der Waals surface area contributed by atoms with Crippen molar-refractivity contribution in [3.05, 3.63) is 33.8 Å². The minimum atomic E-state index is 0.0113. The van der Waals surface area contributed by atoms with E-state index in [0.29, 0.717) is 10.0 Å². The van der Waals surface area contributed by atoms with Gasteiger partial charge in [-0.2, -0.15) is 0 Å². The summed E-state index contributed by atoms with van der Waals surface area (Å²) in [6.07, 6.45) is 3.37. The van der Waals surface area contributed by atoms with Crippen LogP contribution in [-0.4, -0.2) is 29.6 Å². The molecule has 1 aromatic carbocycles. The third-order valence-corrected chi connectivity index (χ3v) is 5.14. The van der Waals surface area contributed by atoms with Gasteiger partial charge in [0.1, 0.15) is 0 Å². The molecule has 0 aromatic heterocycles. The Morgan fingerprint density at radius 2 is 1.90 bits per heavy atom. The van der Waals surface area contributed by atoms with Crippen molar-refractivity contribution in [3.63, 3.8) is 0 Å². The summed E-state index contributed by atoms with van der Waals surface area (Å²) in [5.74, 6) is 5.81. The zero-order chi connectivity index (χ0) is 14.8. The molecule has 0 amide bonds. The standard InChI is InChI=1S/C15H23Cl2N3/c1-15(2,20-7-3-4-8-20)14(19-18)10-11-5-6-12(16)13(17)9-11/h5-6,9,14,19H,3-4,7-8,10,18H2,1-2H3. The molecular formula is C15H23Cl2N3. The van der Waals surface area contributed by atoms with Crippen LogP contribution in [-0.2, 0) is 6.42 Å². The third-order valence-electron chi connectivity index (χ3n) is 4.40. The van der Waals surface area contributed by atoms with Crippen LogP contribution in [0.4, 0.5) is 0 Å². The normalized spacial score (nSPS) is 18.4. The molecule has 2 rings (SSSR count). The van der Waals surface area contributed by atoms with Gasteiger partial charge in [-0.3, -0.25) is 16.2 Å². The Morgan fingerprint density at radius 1 is 1.25 bits per heavy atom. The number of hydrogen-bond acceptors (Lipinski definition) is 3. The number of nitrogens with zero attached hydrogens (tertiary/aromatic N) is 1. The summed E-state index contributed by atoms with van der Waals surface area (Å²) in [5, 5.41) is 1.19. The van der Waals surface area contributed by atoms with E-state index in [2.05, 4.69) is 24.2 Å². The first kappa shape index (κ1) is 16.1. The molecule has 1 atom stereocenters. The Labute approximate surface area is 131 Å². The molecule has 0 radical (unpaired) electrons. The maximum atomic E-state index is 6.09. The van der Waals surface area contributed by atoms with Gasteiger partial charge in [-0.25, -0.2) is 0 Å². The average Bonchev–Trinajstić information content (AvgIpc) is 2.94. The Morgan fingerprint density at radius 3 is 2.45 bits per heavy atom. The second-order valence-corrected chi connectivity index (χ2v) is 6.83. The van der Waals surface area contributed by atoms with Gasteiger partial charge in [0.2, 0.25) is 0 Å². The lowest BCUT2D eigenvalue weighted by atomic mass is 9.88. The van der Waals surface area contributed by atoms with E-state index in [0.717, 1.165) is 25.1 Å². The Kier molecular flexibility index (Phi) is 5.32. The highest BCUT2D eigenvalue weighted by Gasteiger charge is 2.36. The highest BCUT2D eigenvalue weighted by Crippen LogP contribution is 2.28. The number of nitrogens with one attached hydrogen (secondary N) is 1. The Balaban J connectivity index is 2.13. The highest BCUT2D eigenvalue weighted by atomic mass is 35.5. The molecule has 3 nitrogen and oxygen atoms in total. The van der Waals surface area contributed by atoms with Crippen LogP contribution in [0.15, 0.2) is 18.2 Å². The maximum Gasteiger partial charge on any atom is 0.0595 e. The van der Waals surface area contributed by atoms with Gasteiger partial charge >= 0.3 is 0 Å². The Hall–Kier alpha value is -0.320. The molecule has 1 unspecified atom stereocenters. The van der Waals surface area contributed by atoms with Gasteiger partial charge in [-0.05, 0) is 63.9 Å². The topological polar surface area (TPSA) is 41.3 Å². The van der Waals surface area contributed by atoms with E-state index in [9.17, 15) is 0 Å². The van der Waals surface area contributed by atoms with Gasteiger partial charge in [0.25, 0.3) is 0 Å². The minimum absolute atomic E-state index is 0.0113. The molecule has 1 saturated heterocycles. The second-order valence-electron chi connectivity index (χ2n) is 6.02. The van der Waals surface area contributed by atoms with Crippen molar-refractivity contribution < 1.29 is 0 Å². The van der Waals surface area contributed by atoms with Crippen LogP contribution < -0.4 is 11.3 Å². The summed E-state index contributed by atoms with van der Waals surface area (Å²) in [4.78, 5) is 2.51. The van der Waals surface area contributed by atoms with Gasteiger partial charge in [0, 0.05) is 11.6 Å². The predicted octanol–water partition coefficient (Wildman–Crippen LogP) is 3.24. The van der Waals surface area contributed by atoms with Gasteiger partial charge in [-0.15, -0.1) is 0 Å². The monoisotopic (exact) mass is 315 g/mol. The van der Waals surface area contributed by atoms with Gasteiger partial charge < -0.3 is 0 Å². The van der Waals surface area contributed by atoms with Crippen LogP contribution in [0.3, 0.4) is 0 Å². The van der Waals surface area contributed by atoms with E-state index >= 15 is 0 Å². The lowest BCUT2D eigenvalue weighted by molar-refractivity contribution is 0.106. The first-order chi connectivity index (χ1) is 9.45. The van der Waals surface area contributed by atoms with Crippen molar-refractivity contribution in [1.29, 1.82) is 0 Å². The van der Waals surface area contributed by atoms with Crippen LogP contribution in [0.1, 0.15) is 32.3 Å². The molecule has 1 aliphatic rings. The molecule has 3 N–H and O–H groups in total. The van der Waals surface area contributed by atoms with E-state index < -0.39 is 0 Å². The van der Waals surface area contributed by atoms with E-state index in [4.69, 9.17) is 29.0 Å². The summed E-state index contributed by atoms with van der Waals surface area (Å²) in [7, 11) is 0. The number of benzene rings is 1. The Bertz CT molecular complexity index is 456. The molecule has 0 bridgehead atoms. The van der Waals surface area contributed by atoms with Crippen LogP contribution in [0, 0.1) is 0 Å². The molecule has 20 heavy (non-hydrogen) atoms. The van der Waals surface area contributed by atoms with E-state index in [1.54, 1.807) is 0 Å². The first-order valence-electron chi connectivity index (χ1n) is 7.10. The number of nitrogens with two attached hydrogens (primary N) is 1. The third kappa shape index (κ3) is 3.46. The summed E-state index contributed by atoms with van der Waals surface area (Å²) in [6, 6.07) is 5.94. The maximum absolute atomic E-state index is 6.09. The van der Waals surface area contributed by atoms with Crippen molar-refractivity contribution in [1.82, 2.24) is 10.3 Å². The molecule has 1 heterocycles. The minimum Gasteiger partial charge on any atom is -0.297 e. The van der Waals surface area contributed by atoms with Gasteiger partial charge in [0.05, 0.1) is 10.0 Å². The van der Waals surface area contributed by atoms with E-state index in [-0.39, 0.29) is 11.6 Å². The van der Waals surface area contributed by atoms with Crippen molar-refractivity contribution in [2.24, 2.45) is 5.84 Å². The van der Waals surface area contributed by atoms with Crippen molar-refractivity contribution >= 4 is 23.2 Å². The molecule has 1 aliphatic heterocycles. The molecule has 112 valence electrons. The molecular weight excluding hydrogens is 293 g/mol. The second kappa shape index (κ2) is 6.63. The van der Waals surface area contributed by atoms with E-state index in [1.807, 2.05) is 18.2 Å². The fourth-order valence-corrected chi connectivity index (χ4v) is 3.25. The molecule has 0 saturated carbocycles. The number of rotatable bonds is 5. The largest absolute Gasteiger partial charge is 0.297 e. The van der Waals surface area contributed by atoms with Crippen LogP contribution >= 0.6 is 23.2 Å². The smallest absolute Gasteiger partial charge is 0.0595 e. The molecule has 0 spiro atoms. The molecule has 1 fully saturated rings. The highest BCUT2D eigenvalue weighted by molar-refractivity contribution is 6.42. The fraction of sp³-hybridized carbons (Fsp3) is 0.600. The average molecular weight is 316 g/mol. The SMILES string of the molecule is CC(C)(C(Cc1ccc(Cl)c(Cl)c1)NN)N1CCCC1. The van der Waals surface area contributed by atoms with Crippen LogP contribution in [0.2, 0.25) is 10.0 Å². The van der Waals surface area contributed by atoms with Gasteiger partial charge in [0.15, 0.2) is 0 Å². The summed E-state index contributed by atoms with van der Waals surface area (Å²) in [6.45, 7) is 6.79. The zero-order valence-electron chi connectivity index (χ0n) is 12.1. The van der Waals surface area contributed by atoms with Gasteiger partial charge in [-0.1, -0.05) is 29.3 Å². The quantitative estimate of drug-likeness (QED) is 0.647. The van der Waals surface area contributed by atoms with E-state index in [1.165, 1.54) is 12.8 Å². The molecule has 0 aliphatic carbocycles. The summed E-state index contributed by atoms with van der Waals surface area (Å²) < 4.78 is 0. The van der Waals surface area contributed by atoms with Crippen molar-refractivity contribution in [2.45, 2.75) is 44.7 Å². The van der Waals surface area contributed by atoms with Crippen molar-refractivity contribution in [3.8, 4) is 0 Å². The fourth-order valence-electron chi connectivity index (χ4n) is 2.93. The number of likely N-dealkylation sites (tertiary alicyclic amines) is 1. The first-order valence-corrected chi connectivity index (χ1v) is 7.86. The molecule has 5 heteroatoms. The number of hydrogen-bond donors (Lipinski definition) is 2. The lowest BCUT2D eigenvalue weighted by Gasteiger charge is -2.42. The van der Waals surface area contributed by atoms with Crippen molar-refractivity contribution in [2.75, 3.05) is 13.1 Å². The number of halogens is 2. The summed E-state index contributed by atoms with van der Waals surface area (Å²) in [5.41, 5.74) is 4.14. The van der Waals surface area contributed by atoms with Crippen LogP contribution in [0.5, 0.6) is 0 Å².